The fraction of sp³-hybridized carbons (Fsp3) is 0.600. The van der Waals surface area contributed by atoms with Gasteiger partial charge in [0.1, 0.15) is 5.76 Å². The molecule has 150 valence electrons. The van der Waals surface area contributed by atoms with Gasteiger partial charge in [-0.3, -0.25) is 4.99 Å². The lowest BCUT2D eigenvalue weighted by molar-refractivity contribution is 0.306. The SMILES string of the molecule is Cc1cnc(CCN=C(NCCc2ccco2)NC2CCCCC2C)s1.I. The van der Waals surface area contributed by atoms with E-state index in [0.717, 1.165) is 42.7 Å². The monoisotopic (exact) mass is 502 g/mol. The van der Waals surface area contributed by atoms with Crippen LogP contribution in [0.2, 0.25) is 0 Å². The Balaban J connectivity index is 0.00000261. The van der Waals surface area contributed by atoms with Crippen molar-refractivity contribution in [3.63, 3.8) is 0 Å². The Labute approximate surface area is 183 Å². The number of guanidine groups is 1. The summed E-state index contributed by atoms with van der Waals surface area (Å²) in [6.45, 7) is 6.01. The van der Waals surface area contributed by atoms with Crippen LogP contribution in [0.15, 0.2) is 34.0 Å². The van der Waals surface area contributed by atoms with E-state index in [1.54, 1.807) is 17.6 Å². The molecule has 2 aromatic heterocycles. The zero-order chi connectivity index (χ0) is 18.2. The Morgan fingerprint density at radius 1 is 1.33 bits per heavy atom. The molecule has 7 heteroatoms. The van der Waals surface area contributed by atoms with Crippen molar-refractivity contribution in [2.45, 2.75) is 58.4 Å². The van der Waals surface area contributed by atoms with Crippen LogP contribution < -0.4 is 10.6 Å². The summed E-state index contributed by atoms with van der Waals surface area (Å²) in [7, 11) is 0. The molecular formula is C20H31IN4OS. The summed E-state index contributed by atoms with van der Waals surface area (Å²) in [5.41, 5.74) is 0. The molecule has 2 N–H and O–H groups in total. The quantitative estimate of drug-likeness (QED) is 0.331. The molecule has 2 heterocycles. The number of nitrogens with zero attached hydrogens (tertiary/aromatic N) is 2. The highest BCUT2D eigenvalue weighted by atomic mass is 127. The summed E-state index contributed by atoms with van der Waals surface area (Å²) >= 11 is 1.76. The minimum atomic E-state index is 0. The number of aliphatic imine (C=N–C) groups is 1. The van der Waals surface area contributed by atoms with E-state index in [2.05, 4.69) is 29.5 Å². The van der Waals surface area contributed by atoms with Crippen molar-refractivity contribution in [3.8, 4) is 0 Å². The summed E-state index contributed by atoms with van der Waals surface area (Å²) in [4.78, 5) is 10.5. The van der Waals surface area contributed by atoms with Gasteiger partial charge in [0.15, 0.2) is 5.96 Å². The molecule has 3 rings (SSSR count). The molecule has 2 atom stereocenters. The fourth-order valence-corrected chi connectivity index (χ4v) is 4.17. The summed E-state index contributed by atoms with van der Waals surface area (Å²) in [6.07, 6.45) is 10.6. The number of furan rings is 1. The van der Waals surface area contributed by atoms with E-state index in [1.165, 1.54) is 30.6 Å². The maximum Gasteiger partial charge on any atom is 0.191 e. The van der Waals surface area contributed by atoms with E-state index in [9.17, 15) is 0 Å². The standard InChI is InChI=1S/C20H30N4OS.HI/c1-15-6-3-4-8-18(15)24-20(21-11-9-17-7-5-13-25-17)22-12-10-19-23-14-16(2)26-19;/h5,7,13-15,18H,3-4,6,8-12H2,1-2H3,(H2,21,22,24);1H. The van der Waals surface area contributed by atoms with Gasteiger partial charge in [-0.05, 0) is 37.8 Å². The van der Waals surface area contributed by atoms with Crippen LogP contribution >= 0.6 is 35.3 Å². The van der Waals surface area contributed by atoms with E-state index in [4.69, 9.17) is 9.41 Å². The van der Waals surface area contributed by atoms with Crippen LogP contribution in [0.4, 0.5) is 0 Å². The number of aryl methyl sites for hydroxylation is 1. The Hall–Kier alpha value is -1.09. The molecule has 1 fully saturated rings. The van der Waals surface area contributed by atoms with Crippen LogP contribution in [-0.2, 0) is 12.8 Å². The van der Waals surface area contributed by atoms with Crippen LogP contribution in [0.5, 0.6) is 0 Å². The Kier molecular flexibility index (Phi) is 9.61. The zero-order valence-corrected chi connectivity index (χ0v) is 19.4. The summed E-state index contributed by atoms with van der Waals surface area (Å²) in [6, 6.07) is 4.46. The highest BCUT2D eigenvalue weighted by Crippen LogP contribution is 2.23. The highest BCUT2D eigenvalue weighted by Gasteiger charge is 2.22. The van der Waals surface area contributed by atoms with Gasteiger partial charge in [0, 0.05) is 43.0 Å². The fourth-order valence-electron chi connectivity index (χ4n) is 3.40. The number of thiazole rings is 1. The van der Waals surface area contributed by atoms with Gasteiger partial charge in [0.2, 0.25) is 0 Å². The minimum Gasteiger partial charge on any atom is -0.469 e. The molecule has 0 saturated heterocycles. The van der Waals surface area contributed by atoms with Gasteiger partial charge in [0.25, 0.3) is 0 Å². The van der Waals surface area contributed by atoms with Crippen molar-refractivity contribution < 1.29 is 4.42 Å². The lowest BCUT2D eigenvalue weighted by atomic mass is 9.86. The summed E-state index contributed by atoms with van der Waals surface area (Å²) in [5, 5.41) is 8.31. The third-order valence-corrected chi connectivity index (χ3v) is 5.91. The van der Waals surface area contributed by atoms with Crippen molar-refractivity contribution in [2.24, 2.45) is 10.9 Å². The Morgan fingerprint density at radius 2 is 2.19 bits per heavy atom. The normalized spacial score (nSPS) is 20.1. The van der Waals surface area contributed by atoms with Gasteiger partial charge in [0.05, 0.1) is 11.3 Å². The molecule has 0 aromatic carbocycles. The lowest BCUT2D eigenvalue weighted by Gasteiger charge is -2.31. The van der Waals surface area contributed by atoms with Crippen LogP contribution in [-0.4, -0.2) is 30.1 Å². The highest BCUT2D eigenvalue weighted by molar-refractivity contribution is 14.0. The molecule has 1 saturated carbocycles. The summed E-state index contributed by atoms with van der Waals surface area (Å²) in [5.74, 6) is 2.62. The maximum absolute atomic E-state index is 5.42. The van der Waals surface area contributed by atoms with Crippen molar-refractivity contribution in [3.05, 3.63) is 40.2 Å². The average Bonchev–Trinajstić information content (AvgIpc) is 3.28. The predicted molar refractivity (Wildman–Crippen MR) is 123 cm³/mol. The first kappa shape index (κ1) is 22.2. The molecule has 2 unspecified atom stereocenters. The average molecular weight is 502 g/mol. The predicted octanol–water partition coefficient (Wildman–Crippen LogP) is 4.56. The van der Waals surface area contributed by atoms with Gasteiger partial charge in [-0.1, -0.05) is 19.8 Å². The number of nitrogens with one attached hydrogen (secondary N) is 2. The van der Waals surface area contributed by atoms with E-state index in [0.29, 0.717) is 12.0 Å². The number of halogens is 1. The third kappa shape index (κ3) is 7.44. The first-order valence-electron chi connectivity index (χ1n) is 9.69. The van der Waals surface area contributed by atoms with Crippen LogP contribution in [0.25, 0.3) is 0 Å². The van der Waals surface area contributed by atoms with Gasteiger partial charge < -0.3 is 15.1 Å². The van der Waals surface area contributed by atoms with Gasteiger partial charge >= 0.3 is 0 Å². The Bertz CT molecular complexity index is 686. The topological polar surface area (TPSA) is 62.5 Å². The van der Waals surface area contributed by atoms with Gasteiger partial charge in [-0.2, -0.15) is 0 Å². The molecule has 1 aliphatic carbocycles. The van der Waals surface area contributed by atoms with Crippen LogP contribution in [0.3, 0.4) is 0 Å². The van der Waals surface area contributed by atoms with Crippen LogP contribution in [0.1, 0.15) is 48.3 Å². The van der Waals surface area contributed by atoms with Crippen molar-refractivity contribution in [1.82, 2.24) is 15.6 Å². The molecule has 0 aliphatic heterocycles. The van der Waals surface area contributed by atoms with E-state index in [1.807, 2.05) is 18.3 Å². The first-order valence-corrected chi connectivity index (χ1v) is 10.5. The largest absolute Gasteiger partial charge is 0.469 e. The first-order chi connectivity index (χ1) is 12.7. The van der Waals surface area contributed by atoms with Gasteiger partial charge in [-0.15, -0.1) is 35.3 Å². The second kappa shape index (κ2) is 11.7. The van der Waals surface area contributed by atoms with Crippen molar-refractivity contribution in [1.29, 1.82) is 0 Å². The maximum atomic E-state index is 5.42. The van der Waals surface area contributed by atoms with Crippen molar-refractivity contribution >= 4 is 41.3 Å². The number of hydrogen-bond acceptors (Lipinski definition) is 4. The molecule has 0 bridgehead atoms. The molecular weight excluding hydrogens is 471 g/mol. The molecule has 2 aromatic rings. The molecule has 0 amide bonds. The molecule has 0 spiro atoms. The van der Waals surface area contributed by atoms with E-state index < -0.39 is 0 Å². The number of rotatable bonds is 7. The van der Waals surface area contributed by atoms with E-state index >= 15 is 0 Å². The second-order valence-electron chi connectivity index (χ2n) is 7.11. The van der Waals surface area contributed by atoms with Crippen molar-refractivity contribution in [2.75, 3.05) is 13.1 Å². The Morgan fingerprint density at radius 3 is 2.89 bits per heavy atom. The lowest BCUT2D eigenvalue weighted by Crippen LogP contribution is -2.47. The third-order valence-electron chi connectivity index (χ3n) is 4.94. The molecule has 1 aliphatic rings. The van der Waals surface area contributed by atoms with Gasteiger partial charge in [-0.25, -0.2) is 4.98 Å². The zero-order valence-electron chi connectivity index (χ0n) is 16.2. The molecule has 27 heavy (non-hydrogen) atoms. The minimum absolute atomic E-state index is 0. The second-order valence-corrected chi connectivity index (χ2v) is 8.43. The smallest absolute Gasteiger partial charge is 0.191 e. The van der Waals surface area contributed by atoms with Crippen LogP contribution in [0, 0.1) is 12.8 Å². The van der Waals surface area contributed by atoms with E-state index in [-0.39, 0.29) is 24.0 Å². The number of hydrogen-bond donors (Lipinski definition) is 2. The number of aromatic nitrogens is 1. The summed E-state index contributed by atoms with van der Waals surface area (Å²) < 4.78 is 5.42. The molecule has 0 radical (unpaired) electrons. The molecule has 5 nitrogen and oxygen atoms in total.